The lowest BCUT2D eigenvalue weighted by Crippen LogP contribution is -2.41. The summed E-state index contributed by atoms with van der Waals surface area (Å²) in [7, 11) is -0.930. The van der Waals surface area contributed by atoms with Gasteiger partial charge in [0.15, 0.2) is 0 Å². The summed E-state index contributed by atoms with van der Waals surface area (Å²) in [5, 5.41) is 8.99. The number of hydrogen-bond acceptors (Lipinski definition) is 4. The third-order valence-electron chi connectivity index (χ3n) is 3.20. The molecule has 0 aliphatic carbocycles. The number of hydrogen-bond donors (Lipinski definition) is 0. The van der Waals surface area contributed by atoms with Crippen LogP contribution in [0.3, 0.4) is 0 Å². The Morgan fingerprint density at radius 2 is 1.88 bits per heavy atom. The first-order chi connectivity index (χ1) is 9.10. The van der Waals surface area contributed by atoms with Crippen molar-refractivity contribution in [1.29, 1.82) is 5.26 Å². The van der Waals surface area contributed by atoms with Crippen LogP contribution in [0.4, 0.5) is 0 Å². The molecule has 0 radical (unpaired) electrons. The van der Waals surface area contributed by atoms with Crippen LogP contribution in [0.1, 0.15) is 37.4 Å². The number of aromatic nitrogens is 1. The molecule has 88 valence electrons. The zero-order valence-corrected chi connectivity index (χ0v) is 10.3. The summed E-state index contributed by atoms with van der Waals surface area (Å²) >= 11 is 0. The van der Waals surface area contributed by atoms with Crippen molar-refractivity contribution in [2.45, 2.75) is 38.9 Å². The molecule has 0 aromatic carbocycles. The summed E-state index contributed by atoms with van der Waals surface area (Å²) in [6, 6.07) is 1.54. The molecular formula is C12H15BN2O2. The summed E-state index contributed by atoms with van der Waals surface area (Å²) in [6.07, 6.45) is -0.639. The van der Waals surface area contributed by atoms with E-state index in [1.165, 1.54) is 0 Å². The van der Waals surface area contributed by atoms with Crippen molar-refractivity contribution >= 4 is 12.6 Å². The van der Waals surface area contributed by atoms with Crippen molar-refractivity contribution in [3.05, 3.63) is 24.0 Å². The Morgan fingerprint density at radius 3 is 2.41 bits per heavy atom. The van der Waals surface area contributed by atoms with Crippen LogP contribution >= 0.6 is 0 Å². The maximum absolute atomic E-state index is 8.99. The standard InChI is InChI=1S/C12H15BN2O2/c1-11(2)12(3,4)17-13(16-11)10-5-9(6-14)7-15-8-10/h5,7-8H,1-4H3/i5D,7D,8D. The third-order valence-corrected chi connectivity index (χ3v) is 3.20. The van der Waals surface area contributed by atoms with Crippen molar-refractivity contribution in [3.63, 3.8) is 0 Å². The van der Waals surface area contributed by atoms with Gasteiger partial charge in [-0.05, 0) is 33.7 Å². The molecule has 2 heterocycles. The van der Waals surface area contributed by atoms with Gasteiger partial charge < -0.3 is 9.31 Å². The van der Waals surface area contributed by atoms with Gasteiger partial charge >= 0.3 is 7.12 Å². The quantitative estimate of drug-likeness (QED) is 0.685. The van der Waals surface area contributed by atoms with Gasteiger partial charge in [0.25, 0.3) is 0 Å². The summed E-state index contributed by atoms with van der Waals surface area (Å²) in [6.45, 7) is 7.44. The Bertz CT molecular complexity index is 598. The van der Waals surface area contributed by atoms with E-state index in [0.29, 0.717) is 0 Å². The highest BCUT2D eigenvalue weighted by Crippen LogP contribution is 2.36. The molecule has 5 heteroatoms. The van der Waals surface area contributed by atoms with Crippen LogP contribution in [-0.2, 0) is 9.31 Å². The van der Waals surface area contributed by atoms with Gasteiger partial charge in [-0.15, -0.1) is 0 Å². The van der Waals surface area contributed by atoms with Gasteiger partial charge in [0.1, 0.15) is 6.07 Å². The molecule has 0 N–H and O–H groups in total. The smallest absolute Gasteiger partial charge is 0.399 e. The first kappa shape index (κ1) is 8.68. The second-order valence-corrected chi connectivity index (χ2v) is 4.95. The fraction of sp³-hybridized carbons (Fsp3) is 0.500. The van der Waals surface area contributed by atoms with Crippen LogP contribution in [0.25, 0.3) is 0 Å². The van der Waals surface area contributed by atoms with E-state index in [-0.39, 0.29) is 29.4 Å². The van der Waals surface area contributed by atoms with Crippen molar-refractivity contribution in [2.24, 2.45) is 0 Å². The molecule has 1 aliphatic rings. The van der Waals surface area contributed by atoms with E-state index >= 15 is 0 Å². The lowest BCUT2D eigenvalue weighted by atomic mass is 9.80. The molecule has 4 nitrogen and oxygen atoms in total. The molecule has 0 unspecified atom stereocenters. The molecule has 0 spiro atoms. The Balaban J connectivity index is 2.54. The van der Waals surface area contributed by atoms with E-state index < -0.39 is 18.3 Å². The van der Waals surface area contributed by atoms with Crippen LogP contribution in [0.15, 0.2) is 18.4 Å². The van der Waals surface area contributed by atoms with E-state index in [0.717, 1.165) is 0 Å². The highest BCUT2D eigenvalue weighted by molar-refractivity contribution is 6.62. The van der Waals surface area contributed by atoms with Crippen LogP contribution in [0, 0.1) is 11.3 Å². The second-order valence-electron chi connectivity index (χ2n) is 4.95. The molecule has 1 saturated heterocycles. The molecular weight excluding hydrogens is 215 g/mol. The molecule has 1 aromatic rings. The predicted octanol–water partition coefficient (Wildman–Crippen LogP) is 1.25. The summed E-state index contributed by atoms with van der Waals surface area (Å²) in [4.78, 5) is 3.68. The molecule has 0 saturated carbocycles. The molecule has 0 atom stereocenters. The second kappa shape index (κ2) is 3.83. The average Bonchev–Trinajstić information content (AvgIpc) is 2.47. The lowest BCUT2D eigenvalue weighted by Gasteiger charge is -2.32. The Kier molecular flexibility index (Phi) is 1.95. The highest BCUT2D eigenvalue weighted by Gasteiger charge is 2.51. The largest absolute Gasteiger partial charge is 0.496 e. The van der Waals surface area contributed by atoms with E-state index in [4.69, 9.17) is 18.7 Å². The van der Waals surface area contributed by atoms with Crippen LogP contribution < -0.4 is 5.46 Å². The van der Waals surface area contributed by atoms with Gasteiger partial charge in [0.2, 0.25) is 0 Å². The zero-order valence-electron chi connectivity index (χ0n) is 13.3. The maximum Gasteiger partial charge on any atom is 0.496 e. The molecule has 17 heavy (non-hydrogen) atoms. The highest BCUT2D eigenvalue weighted by atomic mass is 16.7. The van der Waals surface area contributed by atoms with Crippen molar-refractivity contribution in [1.82, 2.24) is 4.98 Å². The summed E-state index contributed by atoms with van der Waals surface area (Å²) in [5.41, 5.74) is -1.30. The van der Waals surface area contributed by atoms with Crippen molar-refractivity contribution in [3.8, 4) is 6.07 Å². The Labute approximate surface area is 106 Å². The van der Waals surface area contributed by atoms with Crippen molar-refractivity contribution < 1.29 is 13.4 Å². The van der Waals surface area contributed by atoms with E-state index in [2.05, 4.69) is 4.98 Å². The first-order valence-electron chi connectivity index (χ1n) is 6.84. The zero-order chi connectivity index (χ0) is 15.3. The normalized spacial score (nSPS) is 23.7. The van der Waals surface area contributed by atoms with Gasteiger partial charge in [0, 0.05) is 17.8 Å². The van der Waals surface area contributed by atoms with E-state index in [1.54, 1.807) is 6.07 Å². The van der Waals surface area contributed by atoms with Crippen LogP contribution in [-0.4, -0.2) is 23.3 Å². The van der Waals surface area contributed by atoms with Crippen molar-refractivity contribution in [2.75, 3.05) is 0 Å². The number of nitriles is 1. The van der Waals surface area contributed by atoms with E-state index in [1.807, 2.05) is 27.7 Å². The van der Waals surface area contributed by atoms with Crippen LogP contribution in [0.2, 0.25) is 0 Å². The molecule has 1 aromatic heterocycles. The Morgan fingerprint density at radius 1 is 1.29 bits per heavy atom. The predicted molar refractivity (Wildman–Crippen MR) is 64.7 cm³/mol. The number of rotatable bonds is 1. The monoisotopic (exact) mass is 233 g/mol. The Hall–Kier alpha value is -1.38. The minimum absolute atomic E-state index is 0.0937. The van der Waals surface area contributed by atoms with Gasteiger partial charge in [0.05, 0.1) is 20.9 Å². The van der Waals surface area contributed by atoms with Gasteiger partial charge in [-0.25, -0.2) is 0 Å². The molecule has 2 rings (SSSR count). The van der Waals surface area contributed by atoms with Gasteiger partial charge in [-0.1, -0.05) is 0 Å². The fourth-order valence-electron chi connectivity index (χ4n) is 1.46. The number of nitrogens with zero attached hydrogens (tertiary/aromatic N) is 2. The average molecular weight is 233 g/mol. The molecule has 1 fully saturated rings. The van der Waals surface area contributed by atoms with Gasteiger partial charge in [-0.3, -0.25) is 4.98 Å². The lowest BCUT2D eigenvalue weighted by molar-refractivity contribution is 0.00578. The molecule has 1 aliphatic heterocycles. The SMILES string of the molecule is [2H]c1nc([2H])c(B2OC(C)(C)C(C)(C)O2)c([2H])c1C#N. The minimum atomic E-state index is -0.930. The number of pyridine rings is 1. The molecule has 0 bridgehead atoms. The van der Waals surface area contributed by atoms with Gasteiger partial charge in [-0.2, -0.15) is 5.26 Å². The summed E-state index contributed by atoms with van der Waals surface area (Å²) < 4.78 is 34.9. The first-order valence-corrected chi connectivity index (χ1v) is 5.34. The third kappa shape index (κ3) is 2.06. The van der Waals surface area contributed by atoms with E-state index in [9.17, 15) is 0 Å². The topological polar surface area (TPSA) is 55.1 Å². The summed E-state index contributed by atoms with van der Waals surface area (Å²) in [5.74, 6) is 0. The fourth-order valence-corrected chi connectivity index (χ4v) is 1.46. The van der Waals surface area contributed by atoms with Crippen LogP contribution in [0.5, 0.6) is 0 Å². The molecule has 0 amide bonds. The maximum atomic E-state index is 8.99. The minimum Gasteiger partial charge on any atom is -0.399 e.